The molecule has 1 amide bonds. The summed E-state index contributed by atoms with van der Waals surface area (Å²) in [5.41, 5.74) is 2.00. The van der Waals surface area contributed by atoms with Gasteiger partial charge in [0.15, 0.2) is 15.6 Å². The molecule has 156 valence electrons. The number of aromatic nitrogens is 1. The summed E-state index contributed by atoms with van der Waals surface area (Å²) in [5, 5.41) is 4.55. The van der Waals surface area contributed by atoms with Gasteiger partial charge in [-0.25, -0.2) is 13.4 Å². The molecular formula is C22H22N2O4S2. The first-order chi connectivity index (χ1) is 14.3. The Morgan fingerprint density at radius 1 is 1.07 bits per heavy atom. The van der Waals surface area contributed by atoms with Gasteiger partial charge in [-0.15, -0.1) is 11.3 Å². The molecule has 0 spiro atoms. The summed E-state index contributed by atoms with van der Waals surface area (Å²) in [7, 11) is -3.48. The summed E-state index contributed by atoms with van der Waals surface area (Å²) >= 11 is 1.40. The number of thiazole rings is 1. The standard InChI is InChI=1S/C22H22N2O4S2/c1-15(2)30(27,28)19-10-6-9-17(11-19)22(26)23-13-18(25)12-21-24-20(14-29-21)16-7-4-3-5-8-16/h3-11,14-15H,12-13H2,1-2H3,(H,23,26). The molecule has 6 nitrogen and oxygen atoms in total. The van der Waals surface area contributed by atoms with Crippen molar-refractivity contribution in [2.75, 3.05) is 6.54 Å². The smallest absolute Gasteiger partial charge is 0.251 e. The van der Waals surface area contributed by atoms with Gasteiger partial charge in [-0.2, -0.15) is 0 Å². The molecule has 0 saturated heterocycles. The predicted molar refractivity (Wildman–Crippen MR) is 117 cm³/mol. The first-order valence-corrected chi connectivity index (χ1v) is 11.8. The maximum atomic E-state index is 12.4. The van der Waals surface area contributed by atoms with Crippen molar-refractivity contribution < 1.29 is 18.0 Å². The highest BCUT2D eigenvalue weighted by atomic mass is 32.2. The average molecular weight is 443 g/mol. The molecule has 0 atom stereocenters. The van der Waals surface area contributed by atoms with Gasteiger partial charge >= 0.3 is 0 Å². The largest absolute Gasteiger partial charge is 0.345 e. The number of Topliss-reactive ketones (excluding diaryl/α,β-unsaturated/α-hetero) is 1. The van der Waals surface area contributed by atoms with Gasteiger partial charge < -0.3 is 5.32 Å². The Kier molecular flexibility index (Phi) is 6.79. The van der Waals surface area contributed by atoms with Gasteiger partial charge in [0.2, 0.25) is 0 Å². The minimum Gasteiger partial charge on any atom is -0.345 e. The molecule has 0 fully saturated rings. The number of nitrogens with zero attached hydrogens (tertiary/aromatic N) is 1. The molecule has 0 saturated carbocycles. The van der Waals surface area contributed by atoms with Crippen molar-refractivity contribution in [3.63, 3.8) is 0 Å². The lowest BCUT2D eigenvalue weighted by atomic mass is 10.2. The summed E-state index contributed by atoms with van der Waals surface area (Å²) in [6.45, 7) is 3.02. The zero-order valence-corrected chi connectivity index (χ0v) is 18.3. The predicted octanol–water partition coefficient (Wildman–Crippen LogP) is 3.53. The zero-order valence-electron chi connectivity index (χ0n) is 16.7. The van der Waals surface area contributed by atoms with Gasteiger partial charge in [0.25, 0.3) is 5.91 Å². The number of hydrogen-bond donors (Lipinski definition) is 1. The Morgan fingerprint density at radius 2 is 1.80 bits per heavy atom. The van der Waals surface area contributed by atoms with Crippen molar-refractivity contribution in [2.24, 2.45) is 0 Å². The van der Waals surface area contributed by atoms with Gasteiger partial charge in [-0.1, -0.05) is 36.4 Å². The number of amides is 1. The second kappa shape index (κ2) is 9.32. The van der Waals surface area contributed by atoms with E-state index < -0.39 is 21.0 Å². The van der Waals surface area contributed by atoms with Gasteiger partial charge in [-0.05, 0) is 32.0 Å². The van der Waals surface area contributed by atoms with E-state index in [0.717, 1.165) is 11.3 Å². The SMILES string of the molecule is CC(C)S(=O)(=O)c1cccc(C(=O)NCC(=O)Cc2nc(-c3ccccc3)cs2)c1. The van der Waals surface area contributed by atoms with Crippen LogP contribution in [0.25, 0.3) is 11.3 Å². The number of hydrogen-bond acceptors (Lipinski definition) is 6. The Bertz CT molecular complexity index is 1150. The third kappa shape index (κ3) is 5.20. The maximum Gasteiger partial charge on any atom is 0.251 e. The van der Waals surface area contributed by atoms with Crippen LogP contribution in [0.3, 0.4) is 0 Å². The van der Waals surface area contributed by atoms with Crippen molar-refractivity contribution in [1.82, 2.24) is 10.3 Å². The molecular weight excluding hydrogens is 420 g/mol. The van der Waals surface area contributed by atoms with E-state index in [9.17, 15) is 18.0 Å². The van der Waals surface area contributed by atoms with Crippen LogP contribution in [0, 0.1) is 0 Å². The summed E-state index contributed by atoms with van der Waals surface area (Å²) in [6.07, 6.45) is 0.125. The molecule has 0 unspecified atom stereocenters. The minimum atomic E-state index is -3.48. The van der Waals surface area contributed by atoms with Crippen LogP contribution in [0.4, 0.5) is 0 Å². The van der Waals surface area contributed by atoms with E-state index in [1.165, 1.54) is 35.6 Å². The molecule has 2 aromatic carbocycles. The molecule has 30 heavy (non-hydrogen) atoms. The number of carbonyl (C=O) groups is 2. The van der Waals surface area contributed by atoms with Gasteiger partial charge in [0.05, 0.1) is 28.8 Å². The lowest BCUT2D eigenvalue weighted by Gasteiger charge is -2.09. The fourth-order valence-electron chi connectivity index (χ4n) is 2.73. The van der Waals surface area contributed by atoms with E-state index in [-0.39, 0.29) is 29.2 Å². The highest BCUT2D eigenvalue weighted by Gasteiger charge is 2.20. The molecule has 1 N–H and O–H groups in total. The van der Waals surface area contributed by atoms with Gasteiger partial charge in [-0.3, -0.25) is 9.59 Å². The van der Waals surface area contributed by atoms with Crippen molar-refractivity contribution in [3.05, 3.63) is 70.5 Å². The van der Waals surface area contributed by atoms with Gasteiger partial charge in [0.1, 0.15) is 5.01 Å². The molecule has 3 rings (SSSR count). The monoisotopic (exact) mass is 442 g/mol. The van der Waals surface area contributed by atoms with E-state index in [4.69, 9.17) is 0 Å². The van der Waals surface area contributed by atoms with Crippen LogP contribution >= 0.6 is 11.3 Å². The van der Waals surface area contributed by atoms with Crippen LogP contribution in [0.5, 0.6) is 0 Å². The number of rotatable bonds is 8. The number of sulfone groups is 1. The Balaban J connectivity index is 1.59. The van der Waals surface area contributed by atoms with Crippen LogP contribution in [0.1, 0.15) is 29.2 Å². The van der Waals surface area contributed by atoms with Crippen LogP contribution < -0.4 is 5.32 Å². The number of benzene rings is 2. The highest BCUT2D eigenvalue weighted by Crippen LogP contribution is 2.22. The third-order valence-corrected chi connectivity index (χ3v) is 7.46. The summed E-state index contributed by atoms with van der Waals surface area (Å²) < 4.78 is 24.6. The van der Waals surface area contributed by atoms with Crippen LogP contribution in [0.15, 0.2) is 64.9 Å². The van der Waals surface area contributed by atoms with E-state index in [2.05, 4.69) is 10.3 Å². The Morgan fingerprint density at radius 3 is 2.50 bits per heavy atom. The number of nitrogens with one attached hydrogen (secondary N) is 1. The Labute approximate surface area is 179 Å². The molecule has 1 aromatic heterocycles. The summed E-state index contributed by atoms with van der Waals surface area (Å²) in [6, 6.07) is 15.5. The van der Waals surface area contributed by atoms with Crippen LogP contribution in [-0.4, -0.2) is 36.9 Å². The highest BCUT2D eigenvalue weighted by molar-refractivity contribution is 7.92. The van der Waals surface area contributed by atoms with Crippen molar-refractivity contribution in [3.8, 4) is 11.3 Å². The molecule has 1 heterocycles. The number of carbonyl (C=O) groups excluding carboxylic acids is 2. The fraction of sp³-hybridized carbons (Fsp3) is 0.227. The van der Waals surface area contributed by atoms with E-state index in [0.29, 0.717) is 5.01 Å². The average Bonchev–Trinajstić information content (AvgIpc) is 3.21. The van der Waals surface area contributed by atoms with E-state index in [1.807, 2.05) is 35.7 Å². The van der Waals surface area contributed by atoms with E-state index in [1.54, 1.807) is 13.8 Å². The van der Waals surface area contributed by atoms with Gasteiger partial charge in [0, 0.05) is 16.5 Å². The molecule has 0 aliphatic rings. The van der Waals surface area contributed by atoms with Crippen LogP contribution in [0.2, 0.25) is 0 Å². The maximum absolute atomic E-state index is 12.4. The molecule has 8 heteroatoms. The van der Waals surface area contributed by atoms with Crippen molar-refractivity contribution in [2.45, 2.75) is 30.4 Å². The Hall–Kier alpha value is -2.84. The van der Waals surface area contributed by atoms with Crippen molar-refractivity contribution >= 4 is 32.9 Å². The fourth-order valence-corrected chi connectivity index (χ4v) is 4.67. The molecule has 3 aromatic rings. The minimum absolute atomic E-state index is 0.0905. The zero-order chi connectivity index (χ0) is 21.7. The molecule has 0 radical (unpaired) electrons. The number of ketones is 1. The van der Waals surface area contributed by atoms with Crippen LogP contribution in [-0.2, 0) is 21.1 Å². The van der Waals surface area contributed by atoms with Crippen molar-refractivity contribution in [1.29, 1.82) is 0 Å². The molecule has 0 aliphatic heterocycles. The first kappa shape index (κ1) is 21.9. The summed E-state index contributed by atoms with van der Waals surface area (Å²) in [4.78, 5) is 29.2. The summed E-state index contributed by atoms with van der Waals surface area (Å²) in [5.74, 6) is -0.670. The quantitative estimate of drug-likeness (QED) is 0.576. The lowest BCUT2D eigenvalue weighted by Crippen LogP contribution is -2.30. The molecule has 0 aliphatic carbocycles. The first-order valence-electron chi connectivity index (χ1n) is 9.41. The molecule has 0 bridgehead atoms. The lowest BCUT2D eigenvalue weighted by molar-refractivity contribution is -0.117. The third-order valence-electron chi connectivity index (χ3n) is 4.46. The topological polar surface area (TPSA) is 93.2 Å². The van der Waals surface area contributed by atoms with E-state index >= 15 is 0 Å². The second-order valence-corrected chi connectivity index (χ2v) is 10.5. The second-order valence-electron chi connectivity index (χ2n) is 7.01. The normalized spacial score (nSPS) is 11.4.